The van der Waals surface area contributed by atoms with Crippen LogP contribution in [0.15, 0.2) is 36.5 Å². The minimum Gasteiger partial charge on any atom is -0.383 e. The molecule has 0 saturated heterocycles. The van der Waals surface area contributed by atoms with Gasteiger partial charge >= 0.3 is 6.18 Å². The summed E-state index contributed by atoms with van der Waals surface area (Å²) in [7, 11) is 0. The van der Waals surface area contributed by atoms with Crippen molar-refractivity contribution in [2.45, 2.75) is 12.6 Å². The first-order chi connectivity index (χ1) is 13.1. The maximum atomic E-state index is 13.7. The van der Waals surface area contributed by atoms with Gasteiger partial charge in [0.25, 0.3) is 5.91 Å². The van der Waals surface area contributed by atoms with E-state index < -0.39 is 23.5 Å². The second kappa shape index (κ2) is 7.12. The van der Waals surface area contributed by atoms with E-state index in [0.717, 1.165) is 22.9 Å². The highest BCUT2D eigenvalue weighted by molar-refractivity contribution is 6.32. The molecule has 0 atom stereocenters. The second-order valence-electron chi connectivity index (χ2n) is 5.77. The van der Waals surface area contributed by atoms with Crippen LogP contribution in [0.5, 0.6) is 0 Å². The highest BCUT2D eigenvalue weighted by atomic mass is 35.5. The molecule has 0 bridgehead atoms. The lowest BCUT2D eigenvalue weighted by Gasteiger charge is -2.07. The summed E-state index contributed by atoms with van der Waals surface area (Å²) in [5.74, 6) is -1.80. The van der Waals surface area contributed by atoms with Crippen molar-refractivity contribution < 1.29 is 22.4 Å². The fourth-order valence-corrected chi connectivity index (χ4v) is 2.78. The summed E-state index contributed by atoms with van der Waals surface area (Å²) in [6.07, 6.45) is -3.98. The first kappa shape index (κ1) is 19.6. The smallest absolute Gasteiger partial charge is 0.383 e. The quantitative estimate of drug-likeness (QED) is 0.640. The normalized spacial score (nSPS) is 11.6. The van der Waals surface area contributed by atoms with Gasteiger partial charge in [-0.2, -0.15) is 18.3 Å². The molecule has 2 heterocycles. The average molecular weight is 414 g/mol. The zero-order valence-corrected chi connectivity index (χ0v) is 14.7. The van der Waals surface area contributed by atoms with E-state index in [1.54, 1.807) is 0 Å². The Morgan fingerprint density at radius 1 is 1.21 bits per heavy atom. The van der Waals surface area contributed by atoms with E-state index >= 15 is 0 Å². The maximum Gasteiger partial charge on any atom is 0.417 e. The van der Waals surface area contributed by atoms with Gasteiger partial charge in [-0.25, -0.2) is 9.07 Å². The number of amides is 1. The highest BCUT2D eigenvalue weighted by Crippen LogP contribution is 2.30. The minimum absolute atomic E-state index is 0.0672. The second-order valence-corrected chi connectivity index (χ2v) is 6.15. The SMILES string of the molecule is NC(=O)c1c(Cc2ccc(C(F)(F)F)cn2)nn(-c2cccc(F)c2Cl)c1N. The standard InChI is InChI=1S/C17H12ClF4N5O/c18-14-10(19)2-1-3-12(14)27-15(23)13(16(24)28)11(26-27)6-9-5-4-8(7-25-9)17(20,21)22/h1-5,7H,6,23H2,(H2,24,28). The number of carbonyl (C=O) groups excluding carboxylic acids is 1. The number of benzene rings is 1. The van der Waals surface area contributed by atoms with Crippen LogP contribution in [0.3, 0.4) is 0 Å². The molecule has 0 aliphatic heterocycles. The molecular formula is C17H12ClF4N5O. The molecule has 2 aromatic heterocycles. The van der Waals surface area contributed by atoms with Crippen LogP contribution in [0.4, 0.5) is 23.4 Å². The van der Waals surface area contributed by atoms with E-state index in [2.05, 4.69) is 10.1 Å². The third kappa shape index (κ3) is 3.63. The number of rotatable bonds is 4. The fraction of sp³-hybridized carbons (Fsp3) is 0.118. The number of halogens is 5. The van der Waals surface area contributed by atoms with Crippen molar-refractivity contribution in [2.24, 2.45) is 5.73 Å². The average Bonchev–Trinajstić information content (AvgIpc) is 2.93. The molecule has 0 fully saturated rings. The Balaban J connectivity index is 2.04. The molecule has 0 aliphatic rings. The Morgan fingerprint density at radius 2 is 1.93 bits per heavy atom. The Hall–Kier alpha value is -3.14. The summed E-state index contributed by atoms with van der Waals surface area (Å²) in [6, 6.07) is 5.94. The first-order valence-corrected chi connectivity index (χ1v) is 8.11. The molecule has 0 radical (unpaired) electrons. The summed E-state index contributed by atoms with van der Waals surface area (Å²) in [4.78, 5) is 15.6. The van der Waals surface area contributed by atoms with Gasteiger partial charge in [-0.1, -0.05) is 17.7 Å². The van der Waals surface area contributed by atoms with Gasteiger partial charge in [-0.15, -0.1) is 0 Å². The number of nitrogen functional groups attached to an aromatic ring is 1. The number of alkyl halides is 3. The minimum atomic E-state index is -4.52. The molecule has 1 aromatic carbocycles. The number of hydrogen-bond acceptors (Lipinski definition) is 4. The molecule has 0 saturated carbocycles. The van der Waals surface area contributed by atoms with Crippen molar-refractivity contribution in [3.05, 3.63) is 69.9 Å². The lowest BCUT2D eigenvalue weighted by molar-refractivity contribution is -0.137. The Labute approximate surface area is 160 Å². The van der Waals surface area contributed by atoms with Crippen molar-refractivity contribution in [1.82, 2.24) is 14.8 Å². The number of primary amides is 1. The first-order valence-electron chi connectivity index (χ1n) is 7.73. The molecule has 11 heteroatoms. The molecule has 146 valence electrons. The van der Waals surface area contributed by atoms with E-state index in [1.807, 2.05) is 0 Å². The third-order valence-electron chi connectivity index (χ3n) is 3.90. The topological polar surface area (TPSA) is 99.8 Å². The van der Waals surface area contributed by atoms with Gasteiger partial charge in [-0.3, -0.25) is 9.78 Å². The van der Waals surface area contributed by atoms with E-state index in [0.29, 0.717) is 6.20 Å². The predicted molar refractivity (Wildman–Crippen MR) is 93.5 cm³/mol. The molecule has 3 aromatic rings. The molecular weight excluding hydrogens is 402 g/mol. The van der Waals surface area contributed by atoms with Gasteiger partial charge in [0.05, 0.1) is 16.9 Å². The molecule has 6 nitrogen and oxygen atoms in total. The van der Waals surface area contributed by atoms with Crippen LogP contribution in [-0.2, 0) is 12.6 Å². The lowest BCUT2D eigenvalue weighted by atomic mass is 10.1. The molecule has 28 heavy (non-hydrogen) atoms. The van der Waals surface area contributed by atoms with Crippen LogP contribution in [0.2, 0.25) is 5.02 Å². The zero-order valence-electron chi connectivity index (χ0n) is 14.0. The van der Waals surface area contributed by atoms with E-state index in [4.69, 9.17) is 23.1 Å². The van der Waals surface area contributed by atoms with Crippen molar-refractivity contribution in [3.8, 4) is 5.69 Å². The van der Waals surface area contributed by atoms with Crippen molar-refractivity contribution in [3.63, 3.8) is 0 Å². The molecule has 0 spiro atoms. The van der Waals surface area contributed by atoms with Crippen molar-refractivity contribution in [2.75, 3.05) is 5.73 Å². The van der Waals surface area contributed by atoms with Gasteiger partial charge in [0.1, 0.15) is 22.2 Å². The van der Waals surface area contributed by atoms with Gasteiger partial charge in [-0.05, 0) is 24.3 Å². The van der Waals surface area contributed by atoms with Crippen LogP contribution in [-0.4, -0.2) is 20.7 Å². The number of hydrogen-bond donors (Lipinski definition) is 2. The molecule has 4 N–H and O–H groups in total. The summed E-state index contributed by atoms with van der Waals surface area (Å²) in [5, 5.41) is 3.88. The van der Waals surface area contributed by atoms with Crippen molar-refractivity contribution >= 4 is 23.3 Å². The van der Waals surface area contributed by atoms with Gasteiger partial charge in [0.15, 0.2) is 0 Å². The number of pyridine rings is 1. The number of carbonyl (C=O) groups is 1. The number of anilines is 1. The lowest BCUT2D eigenvalue weighted by Crippen LogP contribution is -2.15. The Bertz CT molecular complexity index is 1050. The molecule has 0 unspecified atom stereocenters. The summed E-state index contributed by atoms with van der Waals surface area (Å²) >= 11 is 5.93. The van der Waals surface area contributed by atoms with Crippen LogP contribution in [0.25, 0.3) is 5.69 Å². The Morgan fingerprint density at radius 3 is 2.50 bits per heavy atom. The summed E-state index contributed by atoms with van der Waals surface area (Å²) in [5.41, 5.74) is 10.6. The fourth-order valence-electron chi connectivity index (χ4n) is 2.58. The van der Waals surface area contributed by atoms with Gasteiger partial charge < -0.3 is 11.5 Å². The highest BCUT2D eigenvalue weighted by Gasteiger charge is 2.31. The van der Waals surface area contributed by atoms with E-state index in [-0.39, 0.29) is 39.9 Å². The van der Waals surface area contributed by atoms with Gasteiger partial charge in [0.2, 0.25) is 0 Å². The number of aromatic nitrogens is 3. The molecule has 3 rings (SSSR count). The third-order valence-corrected chi connectivity index (χ3v) is 4.27. The summed E-state index contributed by atoms with van der Waals surface area (Å²) in [6.45, 7) is 0. The molecule has 1 amide bonds. The van der Waals surface area contributed by atoms with Crippen LogP contribution in [0.1, 0.15) is 27.3 Å². The van der Waals surface area contributed by atoms with Gasteiger partial charge in [0, 0.05) is 18.3 Å². The van der Waals surface area contributed by atoms with Crippen LogP contribution < -0.4 is 11.5 Å². The predicted octanol–water partition coefficient (Wildman–Crippen LogP) is 3.35. The van der Waals surface area contributed by atoms with Crippen LogP contribution in [0, 0.1) is 5.82 Å². The number of nitrogens with zero attached hydrogens (tertiary/aromatic N) is 3. The van der Waals surface area contributed by atoms with E-state index in [1.165, 1.54) is 12.1 Å². The van der Waals surface area contributed by atoms with Crippen molar-refractivity contribution in [1.29, 1.82) is 0 Å². The largest absolute Gasteiger partial charge is 0.417 e. The Kier molecular flexibility index (Phi) is 4.99. The maximum absolute atomic E-state index is 13.7. The zero-order chi connectivity index (χ0) is 20.6. The van der Waals surface area contributed by atoms with E-state index in [9.17, 15) is 22.4 Å². The summed E-state index contributed by atoms with van der Waals surface area (Å²) < 4.78 is 52.7. The van der Waals surface area contributed by atoms with Crippen LogP contribution >= 0.6 is 11.6 Å². The molecule has 0 aliphatic carbocycles. The monoisotopic (exact) mass is 413 g/mol. The number of nitrogens with two attached hydrogens (primary N) is 2.